The van der Waals surface area contributed by atoms with Gasteiger partial charge in [0.05, 0.1) is 5.41 Å². The molecule has 0 aliphatic heterocycles. The molecule has 0 radical (unpaired) electrons. The van der Waals surface area contributed by atoms with Crippen molar-refractivity contribution in [3.05, 3.63) is 58.3 Å². The molecule has 0 saturated heterocycles. The van der Waals surface area contributed by atoms with Gasteiger partial charge in [-0.3, -0.25) is 4.72 Å². The molecule has 2 aromatic rings. The lowest BCUT2D eigenvalue weighted by molar-refractivity contribution is 0.0702. The summed E-state index contributed by atoms with van der Waals surface area (Å²) in [4.78, 5) is 10.8. The highest BCUT2D eigenvalue weighted by Gasteiger charge is 2.11. The lowest BCUT2D eigenvalue weighted by Crippen LogP contribution is -2.07. The molecule has 0 aliphatic rings. The second kappa shape index (κ2) is 5.89. The molecule has 0 saturated carbocycles. The van der Waals surface area contributed by atoms with Gasteiger partial charge in [-0.15, -0.1) is 11.3 Å². The van der Waals surface area contributed by atoms with Crippen LogP contribution in [0.25, 0.3) is 6.08 Å². The van der Waals surface area contributed by atoms with Crippen LogP contribution in [0.2, 0.25) is 0 Å². The summed E-state index contributed by atoms with van der Waals surface area (Å²) in [6.45, 7) is 0. The number of carboxylic acids is 1. The summed E-state index contributed by atoms with van der Waals surface area (Å²) in [5.41, 5.74) is 0.760. The number of aromatic carboxylic acids is 1. The summed E-state index contributed by atoms with van der Waals surface area (Å²) in [5.74, 6) is -1.08. The molecule has 5 nitrogen and oxygen atoms in total. The van der Waals surface area contributed by atoms with Crippen LogP contribution in [0.15, 0.2) is 47.9 Å². The summed E-state index contributed by atoms with van der Waals surface area (Å²) in [7, 11) is -3.66. The molecule has 0 unspecified atom stereocenters. The first-order valence-electron chi connectivity index (χ1n) is 5.55. The molecule has 0 aliphatic carbocycles. The van der Waals surface area contributed by atoms with Gasteiger partial charge in [0.25, 0.3) is 10.0 Å². The van der Waals surface area contributed by atoms with Crippen molar-refractivity contribution in [2.45, 2.75) is 0 Å². The fourth-order valence-corrected chi connectivity index (χ4v) is 3.28. The van der Waals surface area contributed by atoms with Crippen molar-refractivity contribution in [3.8, 4) is 0 Å². The summed E-state index contributed by atoms with van der Waals surface area (Å²) in [5, 5.41) is 10.1. The highest BCUT2D eigenvalue weighted by atomic mass is 32.2. The van der Waals surface area contributed by atoms with Crippen molar-refractivity contribution in [1.82, 2.24) is 0 Å². The number of hydrogen-bond acceptors (Lipinski definition) is 4. The average Bonchev–Trinajstić information content (AvgIpc) is 2.86. The number of thiophene rings is 1. The van der Waals surface area contributed by atoms with Crippen LogP contribution in [0.4, 0.5) is 5.00 Å². The van der Waals surface area contributed by atoms with Crippen molar-refractivity contribution < 1.29 is 18.3 Å². The first-order chi connectivity index (χ1) is 9.46. The van der Waals surface area contributed by atoms with Gasteiger partial charge < -0.3 is 5.11 Å². The fourth-order valence-electron chi connectivity index (χ4n) is 1.41. The van der Waals surface area contributed by atoms with Gasteiger partial charge in [0, 0.05) is 0 Å². The lowest BCUT2D eigenvalue weighted by atomic mass is 10.2. The van der Waals surface area contributed by atoms with Crippen LogP contribution in [-0.2, 0) is 10.0 Å². The van der Waals surface area contributed by atoms with Crippen LogP contribution < -0.4 is 4.72 Å². The van der Waals surface area contributed by atoms with Crippen molar-refractivity contribution in [2.24, 2.45) is 0 Å². The van der Waals surface area contributed by atoms with E-state index in [1.165, 1.54) is 18.2 Å². The normalized spacial score (nSPS) is 11.6. The number of carbonyl (C=O) groups is 1. The van der Waals surface area contributed by atoms with Gasteiger partial charge in [0.15, 0.2) is 0 Å². The monoisotopic (exact) mass is 309 g/mol. The molecule has 0 bridgehead atoms. The average molecular weight is 309 g/mol. The quantitative estimate of drug-likeness (QED) is 0.889. The van der Waals surface area contributed by atoms with Crippen LogP contribution in [0.1, 0.15) is 15.2 Å². The molecule has 0 spiro atoms. The van der Waals surface area contributed by atoms with Crippen LogP contribution >= 0.6 is 11.3 Å². The minimum Gasteiger partial charge on any atom is -0.477 e. The molecule has 0 atom stereocenters. The lowest BCUT2D eigenvalue weighted by Gasteiger charge is -2.00. The number of sulfonamides is 1. The smallest absolute Gasteiger partial charge is 0.345 e. The van der Waals surface area contributed by atoms with Crippen LogP contribution in [0, 0.1) is 0 Å². The Morgan fingerprint density at radius 3 is 2.45 bits per heavy atom. The summed E-state index contributed by atoms with van der Waals surface area (Å²) < 4.78 is 25.9. The van der Waals surface area contributed by atoms with Gasteiger partial charge in [-0.1, -0.05) is 30.3 Å². The van der Waals surface area contributed by atoms with E-state index in [1.54, 1.807) is 24.3 Å². The van der Waals surface area contributed by atoms with E-state index in [9.17, 15) is 13.2 Å². The van der Waals surface area contributed by atoms with Crippen molar-refractivity contribution in [2.75, 3.05) is 4.72 Å². The molecule has 0 amide bonds. The van der Waals surface area contributed by atoms with Crippen molar-refractivity contribution >= 4 is 38.4 Å². The predicted molar refractivity (Wildman–Crippen MR) is 79.3 cm³/mol. The Hall–Kier alpha value is -2.12. The minimum atomic E-state index is -3.66. The molecule has 1 heterocycles. The SMILES string of the molecule is O=C(O)c1ccc(NS(=O)(=O)/C=C/c2ccccc2)s1. The van der Waals surface area contributed by atoms with Gasteiger partial charge in [-0.2, -0.15) is 0 Å². The van der Waals surface area contributed by atoms with E-state index in [4.69, 9.17) is 5.11 Å². The van der Waals surface area contributed by atoms with E-state index in [2.05, 4.69) is 4.72 Å². The molecule has 20 heavy (non-hydrogen) atoms. The standard InChI is InChI=1S/C13H11NO4S2/c15-13(16)11-6-7-12(19-11)14-20(17,18)9-8-10-4-2-1-3-5-10/h1-9,14H,(H,15,16)/b9-8+. The Morgan fingerprint density at radius 1 is 1.15 bits per heavy atom. The number of anilines is 1. The molecule has 2 rings (SSSR count). The van der Waals surface area contributed by atoms with Gasteiger partial charge in [0.1, 0.15) is 9.88 Å². The fraction of sp³-hybridized carbons (Fsp3) is 0. The number of nitrogens with one attached hydrogen (secondary N) is 1. The van der Waals surface area contributed by atoms with Crippen LogP contribution in [-0.4, -0.2) is 19.5 Å². The predicted octanol–water partition coefficient (Wildman–Crippen LogP) is 2.86. The van der Waals surface area contributed by atoms with Crippen LogP contribution in [0.3, 0.4) is 0 Å². The molecule has 0 fully saturated rings. The van der Waals surface area contributed by atoms with E-state index in [0.717, 1.165) is 22.3 Å². The Kier molecular flexibility index (Phi) is 4.21. The van der Waals surface area contributed by atoms with Gasteiger partial charge in [-0.25, -0.2) is 13.2 Å². The Balaban J connectivity index is 2.11. The molecular weight excluding hydrogens is 298 g/mol. The number of carboxylic acid groups (broad SMARTS) is 1. The zero-order valence-corrected chi connectivity index (χ0v) is 11.8. The van der Waals surface area contributed by atoms with Crippen molar-refractivity contribution in [3.63, 3.8) is 0 Å². The third-order valence-electron chi connectivity index (χ3n) is 2.30. The first-order valence-corrected chi connectivity index (χ1v) is 7.92. The summed E-state index contributed by atoms with van der Waals surface area (Å²) in [6, 6.07) is 11.8. The highest BCUT2D eigenvalue weighted by Crippen LogP contribution is 2.23. The Morgan fingerprint density at radius 2 is 1.85 bits per heavy atom. The van der Waals surface area contributed by atoms with E-state index < -0.39 is 16.0 Å². The summed E-state index contributed by atoms with van der Waals surface area (Å²) >= 11 is 0.866. The highest BCUT2D eigenvalue weighted by molar-refractivity contribution is 7.95. The van der Waals surface area contributed by atoms with E-state index in [-0.39, 0.29) is 9.88 Å². The third-order valence-corrected chi connectivity index (χ3v) is 4.42. The molecule has 1 aromatic heterocycles. The number of rotatable bonds is 5. The molecular formula is C13H11NO4S2. The zero-order chi connectivity index (χ0) is 14.6. The van der Waals surface area contributed by atoms with Gasteiger partial charge >= 0.3 is 5.97 Å². The largest absolute Gasteiger partial charge is 0.477 e. The second-order valence-electron chi connectivity index (χ2n) is 3.83. The maximum Gasteiger partial charge on any atom is 0.345 e. The van der Waals surface area contributed by atoms with Crippen molar-refractivity contribution in [1.29, 1.82) is 0 Å². The second-order valence-corrected chi connectivity index (χ2v) is 6.48. The maximum absolute atomic E-state index is 11.8. The minimum absolute atomic E-state index is 0.0785. The molecule has 7 heteroatoms. The van der Waals surface area contributed by atoms with E-state index in [1.807, 2.05) is 6.07 Å². The van der Waals surface area contributed by atoms with E-state index in [0.29, 0.717) is 0 Å². The maximum atomic E-state index is 11.8. The first kappa shape index (κ1) is 14.3. The molecule has 1 aromatic carbocycles. The van der Waals surface area contributed by atoms with Gasteiger partial charge in [-0.05, 0) is 23.8 Å². The van der Waals surface area contributed by atoms with E-state index >= 15 is 0 Å². The Labute approximate surface area is 120 Å². The van der Waals surface area contributed by atoms with Gasteiger partial charge in [0.2, 0.25) is 0 Å². The molecule has 104 valence electrons. The Bertz CT molecular complexity index is 733. The summed E-state index contributed by atoms with van der Waals surface area (Å²) in [6.07, 6.45) is 1.47. The number of hydrogen-bond donors (Lipinski definition) is 2. The topological polar surface area (TPSA) is 83.5 Å². The zero-order valence-electron chi connectivity index (χ0n) is 10.2. The molecule has 2 N–H and O–H groups in total. The number of benzene rings is 1. The third kappa shape index (κ3) is 3.94. The van der Waals surface area contributed by atoms with Crippen LogP contribution in [0.5, 0.6) is 0 Å².